The van der Waals surface area contributed by atoms with Crippen LogP contribution in [0.1, 0.15) is 23.2 Å². The summed E-state index contributed by atoms with van der Waals surface area (Å²) in [6, 6.07) is 3.42. The number of carbonyl (C=O) groups excluding carboxylic acids is 1. The average molecular weight is 248 g/mol. The first-order valence-corrected chi connectivity index (χ1v) is 6.34. The quantitative estimate of drug-likeness (QED) is 0.831. The maximum atomic E-state index is 11.3. The summed E-state index contributed by atoms with van der Waals surface area (Å²) in [5.41, 5.74) is 5.78. The number of amides is 1. The van der Waals surface area contributed by atoms with Crippen LogP contribution in [0.3, 0.4) is 0 Å². The van der Waals surface area contributed by atoms with Crippen molar-refractivity contribution in [3.8, 4) is 0 Å². The van der Waals surface area contributed by atoms with Gasteiger partial charge < -0.3 is 16.0 Å². The van der Waals surface area contributed by atoms with Crippen molar-refractivity contribution in [1.29, 1.82) is 0 Å². The van der Waals surface area contributed by atoms with Crippen LogP contribution in [0.5, 0.6) is 0 Å². The van der Waals surface area contributed by atoms with Crippen LogP contribution in [0, 0.1) is 5.92 Å². The normalized spacial score (nSPS) is 17.6. The maximum absolute atomic E-state index is 11.3. The van der Waals surface area contributed by atoms with Gasteiger partial charge in [-0.2, -0.15) is 0 Å². The predicted octanol–water partition coefficient (Wildman–Crippen LogP) is 0.934. The lowest BCUT2D eigenvalue weighted by atomic mass is 9.97. The smallest absolute Gasteiger partial charge is 0.252 e. The van der Waals surface area contributed by atoms with Crippen molar-refractivity contribution in [2.24, 2.45) is 11.7 Å². The molecule has 98 valence electrons. The first-order valence-electron chi connectivity index (χ1n) is 6.34. The minimum atomic E-state index is -0.436. The molecule has 1 amide bonds. The molecule has 2 heterocycles. The van der Waals surface area contributed by atoms with Gasteiger partial charge in [0.15, 0.2) is 0 Å². The van der Waals surface area contributed by atoms with Gasteiger partial charge in [0, 0.05) is 12.7 Å². The number of nitrogens with one attached hydrogen (secondary N) is 1. The molecule has 5 heteroatoms. The van der Waals surface area contributed by atoms with Gasteiger partial charge in [-0.1, -0.05) is 0 Å². The Kier molecular flexibility index (Phi) is 4.15. The van der Waals surface area contributed by atoms with Gasteiger partial charge in [-0.05, 0) is 51.0 Å². The number of aromatic nitrogens is 1. The standard InChI is InChI=1S/C13H20N4O/c1-17-7-4-10(5-8-17)9-16-13-11(12(14)18)3-2-6-15-13/h2-3,6,10H,4-5,7-9H2,1H3,(H2,14,18)(H,15,16). The number of pyridine rings is 1. The highest BCUT2D eigenvalue weighted by atomic mass is 16.1. The highest BCUT2D eigenvalue weighted by Crippen LogP contribution is 2.17. The molecule has 0 spiro atoms. The van der Waals surface area contributed by atoms with Crippen LogP contribution >= 0.6 is 0 Å². The molecule has 1 aromatic rings. The number of primary amides is 1. The summed E-state index contributed by atoms with van der Waals surface area (Å²) in [5.74, 6) is 0.807. The molecule has 0 bridgehead atoms. The Morgan fingerprint density at radius 2 is 2.28 bits per heavy atom. The van der Waals surface area contributed by atoms with E-state index in [9.17, 15) is 4.79 Å². The first-order chi connectivity index (χ1) is 8.66. The van der Waals surface area contributed by atoms with Gasteiger partial charge in [0.2, 0.25) is 0 Å². The molecule has 0 unspecified atom stereocenters. The fraction of sp³-hybridized carbons (Fsp3) is 0.538. The summed E-state index contributed by atoms with van der Waals surface area (Å²) in [4.78, 5) is 17.8. The molecule has 5 nitrogen and oxygen atoms in total. The lowest BCUT2D eigenvalue weighted by molar-refractivity contribution is 0.100. The zero-order valence-corrected chi connectivity index (χ0v) is 10.7. The molecule has 0 aromatic carbocycles. The maximum Gasteiger partial charge on any atom is 0.252 e. The van der Waals surface area contributed by atoms with Gasteiger partial charge in [-0.15, -0.1) is 0 Å². The molecule has 1 fully saturated rings. The van der Waals surface area contributed by atoms with E-state index in [0.717, 1.165) is 19.6 Å². The summed E-state index contributed by atoms with van der Waals surface area (Å²) < 4.78 is 0. The number of rotatable bonds is 4. The van der Waals surface area contributed by atoms with Gasteiger partial charge in [-0.3, -0.25) is 4.79 Å². The molecule has 0 atom stereocenters. The molecule has 1 saturated heterocycles. The Morgan fingerprint density at radius 3 is 2.94 bits per heavy atom. The number of hydrogen-bond acceptors (Lipinski definition) is 4. The summed E-state index contributed by atoms with van der Waals surface area (Å²) in [6.45, 7) is 3.12. The van der Waals surface area contributed by atoms with E-state index in [1.54, 1.807) is 18.3 Å². The summed E-state index contributed by atoms with van der Waals surface area (Å²) >= 11 is 0. The number of carbonyl (C=O) groups is 1. The molecule has 1 aliphatic rings. The van der Waals surface area contributed by atoms with Crippen LogP contribution in [-0.2, 0) is 0 Å². The summed E-state index contributed by atoms with van der Waals surface area (Å²) in [6.07, 6.45) is 4.04. The first kappa shape index (κ1) is 12.8. The van der Waals surface area contributed by atoms with Crippen LogP contribution in [-0.4, -0.2) is 42.5 Å². The topological polar surface area (TPSA) is 71.2 Å². The number of nitrogens with two attached hydrogens (primary N) is 1. The van der Waals surface area contributed by atoms with Crippen molar-refractivity contribution >= 4 is 11.7 Å². The SMILES string of the molecule is CN1CCC(CNc2ncccc2C(N)=O)CC1. The summed E-state index contributed by atoms with van der Waals surface area (Å²) in [7, 11) is 2.15. The molecule has 1 aromatic heterocycles. The second-order valence-corrected chi connectivity index (χ2v) is 4.89. The number of piperidine rings is 1. The minimum Gasteiger partial charge on any atom is -0.369 e. The Labute approximate surface area is 107 Å². The van der Waals surface area contributed by atoms with Crippen molar-refractivity contribution in [2.75, 3.05) is 32.0 Å². The van der Waals surface area contributed by atoms with E-state index in [1.807, 2.05) is 0 Å². The van der Waals surface area contributed by atoms with E-state index in [-0.39, 0.29) is 0 Å². The van der Waals surface area contributed by atoms with E-state index in [1.165, 1.54) is 12.8 Å². The Hall–Kier alpha value is -1.62. The Bertz CT molecular complexity index is 413. The van der Waals surface area contributed by atoms with Crippen LogP contribution in [0.4, 0.5) is 5.82 Å². The monoisotopic (exact) mass is 248 g/mol. The van der Waals surface area contributed by atoms with E-state index in [4.69, 9.17) is 5.73 Å². The number of nitrogens with zero attached hydrogens (tertiary/aromatic N) is 2. The fourth-order valence-corrected chi connectivity index (χ4v) is 2.25. The van der Waals surface area contributed by atoms with E-state index in [0.29, 0.717) is 17.3 Å². The van der Waals surface area contributed by atoms with Crippen LogP contribution in [0.15, 0.2) is 18.3 Å². The van der Waals surface area contributed by atoms with Gasteiger partial charge in [-0.25, -0.2) is 4.98 Å². The van der Waals surface area contributed by atoms with Gasteiger partial charge >= 0.3 is 0 Å². The third-order valence-electron chi connectivity index (χ3n) is 3.47. The molecule has 3 N–H and O–H groups in total. The molecule has 0 saturated carbocycles. The Balaban J connectivity index is 1.92. The largest absolute Gasteiger partial charge is 0.369 e. The second kappa shape index (κ2) is 5.82. The Morgan fingerprint density at radius 1 is 1.56 bits per heavy atom. The van der Waals surface area contributed by atoms with E-state index < -0.39 is 5.91 Å². The molecule has 0 aliphatic carbocycles. The third kappa shape index (κ3) is 3.20. The third-order valence-corrected chi connectivity index (χ3v) is 3.47. The van der Waals surface area contributed by atoms with Crippen molar-refractivity contribution in [3.05, 3.63) is 23.9 Å². The highest BCUT2D eigenvalue weighted by molar-refractivity contribution is 5.97. The molecule has 2 rings (SSSR count). The molecule has 0 radical (unpaired) electrons. The van der Waals surface area contributed by atoms with Crippen LogP contribution < -0.4 is 11.1 Å². The molecular formula is C13H20N4O. The minimum absolute atomic E-state index is 0.436. The molecule has 1 aliphatic heterocycles. The second-order valence-electron chi connectivity index (χ2n) is 4.89. The number of likely N-dealkylation sites (tertiary alicyclic amines) is 1. The zero-order chi connectivity index (χ0) is 13.0. The zero-order valence-electron chi connectivity index (χ0n) is 10.7. The summed E-state index contributed by atoms with van der Waals surface area (Å²) in [5, 5.41) is 3.25. The van der Waals surface area contributed by atoms with Gasteiger partial charge in [0.25, 0.3) is 5.91 Å². The van der Waals surface area contributed by atoms with Gasteiger partial charge in [0.1, 0.15) is 5.82 Å². The van der Waals surface area contributed by atoms with Crippen LogP contribution in [0.25, 0.3) is 0 Å². The lowest BCUT2D eigenvalue weighted by Gasteiger charge is -2.29. The predicted molar refractivity (Wildman–Crippen MR) is 71.5 cm³/mol. The number of hydrogen-bond donors (Lipinski definition) is 2. The van der Waals surface area contributed by atoms with Crippen LogP contribution in [0.2, 0.25) is 0 Å². The lowest BCUT2D eigenvalue weighted by Crippen LogP contribution is -2.33. The van der Waals surface area contributed by atoms with Crippen molar-refractivity contribution in [3.63, 3.8) is 0 Å². The van der Waals surface area contributed by atoms with E-state index >= 15 is 0 Å². The van der Waals surface area contributed by atoms with E-state index in [2.05, 4.69) is 22.2 Å². The number of anilines is 1. The van der Waals surface area contributed by atoms with Crippen molar-refractivity contribution in [1.82, 2.24) is 9.88 Å². The molecule has 18 heavy (non-hydrogen) atoms. The van der Waals surface area contributed by atoms with Gasteiger partial charge in [0.05, 0.1) is 5.56 Å². The molecular weight excluding hydrogens is 228 g/mol. The highest BCUT2D eigenvalue weighted by Gasteiger charge is 2.17. The van der Waals surface area contributed by atoms with Crippen molar-refractivity contribution < 1.29 is 4.79 Å². The average Bonchev–Trinajstić information content (AvgIpc) is 2.38. The fourth-order valence-electron chi connectivity index (χ4n) is 2.25. The van der Waals surface area contributed by atoms with Crippen molar-refractivity contribution in [2.45, 2.75) is 12.8 Å².